The molecule has 1 heterocycles. The number of hydrogen-bond acceptors (Lipinski definition) is 4. The number of fused-ring (bicyclic) bond motifs is 5. The first kappa shape index (κ1) is 17.9. The number of Topliss-reactive ketones (excluding diaryl/α,β-unsaturated/α-hetero) is 1. The van der Waals surface area contributed by atoms with Crippen LogP contribution in [0.1, 0.15) is 58.8 Å². The molecule has 0 aromatic heterocycles. The molecule has 4 aliphatic carbocycles. The highest BCUT2D eigenvalue weighted by Gasteiger charge is 2.60. The minimum absolute atomic E-state index is 0.0742. The van der Waals surface area contributed by atoms with E-state index in [0.717, 1.165) is 45.2 Å². The molecule has 4 fully saturated rings. The first-order valence-electron chi connectivity index (χ1n) is 11.0. The van der Waals surface area contributed by atoms with Crippen LogP contribution in [0.15, 0.2) is 23.9 Å². The van der Waals surface area contributed by atoms with Crippen LogP contribution in [-0.4, -0.2) is 25.0 Å². The first-order chi connectivity index (χ1) is 12.9. The Labute approximate surface area is 163 Å². The van der Waals surface area contributed by atoms with E-state index in [0.29, 0.717) is 41.0 Å². The largest absolute Gasteiger partial charge is 0.311 e. The van der Waals surface area contributed by atoms with Gasteiger partial charge >= 0.3 is 0 Å². The molecular weight excluding hydrogens is 336 g/mol. The van der Waals surface area contributed by atoms with Gasteiger partial charge < -0.3 is 5.32 Å². The molecule has 148 valence electrons. The van der Waals surface area contributed by atoms with Crippen molar-refractivity contribution in [1.29, 1.82) is 0 Å². The third kappa shape index (κ3) is 2.59. The molecule has 27 heavy (non-hydrogen) atoms. The van der Waals surface area contributed by atoms with Crippen molar-refractivity contribution in [1.82, 2.24) is 10.8 Å². The highest BCUT2D eigenvalue weighted by Crippen LogP contribution is 2.66. The number of hydroxylamine groups is 1. The summed E-state index contributed by atoms with van der Waals surface area (Å²) in [6, 6.07) is 0. The van der Waals surface area contributed by atoms with Gasteiger partial charge in [-0.25, -0.2) is 0 Å². The van der Waals surface area contributed by atoms with Crippen LogP contribution in [0.2, 0.25) is 0 Å². The second-order valence-electron chi connectivity index (χ2n) is 10.3. The molecule has 0 amide bonds. The van der Waals surface area contributed by atoms with Crippen LogP contribution in [0, 0.1) is 34.5 Å². The molecule has 5 rings (SSSR count). The maximum atomic E-state index is 12.6. The Balaban J connectivity index is 1.37. The van der Waals surface area contributed by atoms with Crippen molar-refractivity contribution in [3.05, 3.63) is 23.9 Å². The Morgan fingerprint density at radius 1 is 1.19 bits per heavy atom. The molecule has 0 aromatic carbocycles. The molecule has 0 aromatic rings. The van der Waals surface area contributed by atoms with Crippen molar-refractivity contribution < 1.29 is 9.63 Å². The van der Waals surface area contributed by atoms with E-state index in [1.807, 2.05) is 0 Å². The normalized spacial score (nSPS) is 46.8. The molecule has 3 saturated carbocycles. The molecular formula is C23H34N2O2. The molecule has 1 unspecified atom stereocenters. The predicted molar refractivity (Wildman–Crippen MR) is 106 cm³/mol. The summed E-state index contributed by atoms with van der Waals surface area (Å²) in [5, 5.41) is 3.24. The number of carbonyl (C=O) groups is 1. The van der Waals surface area contributed by atoms with Crippen molar-refractivity contribution in [3.8, 4) is 0 Å². The van der Waals surface area contributed by atoms with Gasteiger partial charge in [0, 0.05) is 30.6 Å². The second kappa shape index (κ2) is 6.18. The SMILES string of the molecule is C=C1CC2C=C(NOC3CNC3)CC[C@]2(C)[C@H]2CC[C@]3(C)C(=O)CC[C@H]3[C@H]12. The van der Waals surface area contributed by atoms with Gasteiger partial charge in [0.15, 0.2) is 0 Å². The summed E-state index contributed by atoms with van der Waals surface area (Å²) in [5.74, 6) is 2.83. The van der Waals surface area contributed by atoms with Gasteiger partial charge in [-0.2, -0.15) is 0 Å². The van der Waals surface area contributed by atoms with Gasteiger partial charge in [0.25, 0.3) is 0 Å². The summed E-state index contributed by atoms with van der Waals surface area (Å²) in [6.07, 6.45) is 10.3. The zero-order valence-electron chi connectivity index (χ0n) is 16.9. The number of carbonyl (C=O) groups excluding carboxylic acids is 1. The zero-order valence-corrected chi connectivity index (χ0v) is 16.9. The van der Waals surface area contributed by atoms with Gasteiger partial charge in [0.05, 0.1) is 0 Å². The van der Waals surface area contributed by atoms with E-state index in [4.69, 9.17) is 4.84 Å². The number of rotatable bonds is 3. The molecule has 0 radical (unpaired) electrons. The molecule has 1 aliphatic heterocycles. The second-order valence-corrected chi connectivity index (χ2v) is 10.3. The van der Waals surface area contributed by atoms with Crippen LogP contribution in [0.5, 0.6) is 0 Å². The van der Waals surface area contributed by atoms with E-state index in [-0.39, 0.29) is 5.41 Å². The van der Waals surface area contributed by atoms with Crippen LogP contribution >= 0.6 is 0 Å². The molecule has 1 saturated heterocycles. The topological polar surface area (TPSA) is 50.4 Å². The highest BCUT2D eigenvalue weighted by molar-refractivity contribution is 5.87. The summed E-state index contributed by atoms with van der Waals surface area (Å²) in [6.45, 7) is 11.2. The fourth-order valence-electron chi connectivity index (χ4n) is 7.09. The van der Waals surface area contributed by atoms with Crippen molar-refractivity contribution in [2.45, 2.75) is 64.9 Å². The van der Waals surface area contributed by atoms with Gasteiger partial charge in [-0.3, -0.25) is 15.1 Å². The maximum absolute atomic E-state index is 12.6. The van der Waals surface area contributed by atoms with E-state index >= 15 is 0 Å². The van der Waals surface area contributed by atoms with Crippen LogP contribution in [0.4, 0.5) is 0 Å². The third-order valence-electron chi connectivity index (χ3n) is 9.06. The van der Waals surface area contributed by atoms with Crippen LogP contribution in [-0.2, 0) is 9.63 Å². The Hall–Kier alpha value is -1.13. The number of hydrogen-bond donors (Lipinski definition) is 2. The van der Waals surface area contributed by atoms with Crippen LogP contribution in [0.3, 0.4) is 0 Å². The molecule has 0 spiro atoms. The summed E-state index contributed by atoms with van der Waals surface area (Å²) in [7, 11) is 0. The van der Waals surface area contributed by atoms with Gasteiger partial charge in [0.2, 0.25) is 0 Å². The van der Waals surface area contributed by atoms with Crippen molar-refractivity contribution in [3.63, 3.8) is 0 Å². The summed E-state index contributed by atoms with van der Waals surface area (Å²) >= 11 is 0. The number of allylic oxidation sites excluding steroid dienone is 3. The maximum Gasteiger partial charge on any atom is 0.139 e. The fraction of sp³-hybridized carbons (Fsp3) is 0.783. The van der Waals surface area contributed by atoms with Crippen molar-refractivity contribution in [2.75, 3.05) is 13.1 Å². The van der Waals surface area contributed by atoms with Crippen molar-refractivity contribution >= 4 is 5.78 Å². The lowest BCUT2D eigenvalue weighted by molar-refractivity contribution is -0.132. The van der Waals surface area contributed by atoms with Gasteiger partial charge in [-0.15, -0.1) is 0 Å². The molecule has 4 nitrogen and oxygen atoms in total. The number of nitrogens with one attached hydrogen (secondary N) is 2. The smallest absolute Gasteiger partial charge is 0.139 e. The Kier molecular flexibility index (Phi) is 4.11. The van der Waals surface area contributed by atoms with Crippen LogP contribution < -0.4 is 10.8 Å². The van der Waals surface area contributed by atoms with E-state index in [2.05, 4.69) is 37.3 Å². The van der Waals surface area contributed by atoms with E-state index in [1.54, 1.807) is 0 Å². The fourth-order valence-corrected chi connectivity index (χ4v) is 7.09. The predicted octanol–water partition coefficient (Wildman–Crippen LogP) is 3.75. The lowest BCUT2D eigenvalue weighted by Crippen LogP contribution is -2.54. The lowest BCUT2D eigenvalue weighted by atomic mass is 9.45. The average molecular weight is 371 g/mol. The standard InChI is InChI=1S/C23H34N2O2/c1-14-10-15-11-16(25-27-17-12-24-13-17)6-8-22(15,2)19-7-9-23(3)18(21(14)19)4-5-20(23)26/h11,15,17-19,21,24-25H,1,4-10,12-13H2,2-3H3/t15?,18-,19-,21-,22-,23-/m0/s1. The molecule has 0 bridgehead atoms. The Morgan fingerprint density at radius 3 is 2.74 bits per heavy atom. The van der Waals surface area contributed by atoms with Crippen LogP contribution in [0.25, 0.3) is 0 Å². The van der Waals surface area contributed by atoms with Gasteiger partial charge in [0.1, 0.15) is 11.9 Å². The van der Waals surface area contributed by atoms with Gasteiger partial charge in [-0.05, 0) is 67.6 Å². The third-order valence-corrected chi connectivity index (χ3v) is 9.06. The molecule has 6 atom stereocenters. The Bertz CT molecular complexity index is 696. The van der Waals surface area contributed by atoms with Gasteiger partial charge in [-0.1, -0.05) is 32.1 Å². The molecule has 5 aliphatic rings. The van der Waals surface area contributed by atoms with E-state index < -0.39 is 0 Å². The lowest BCUT2D eigenvalue weighted by Gasteiger charge is -2.59. The first-order valence-corrected chi connectivity index (χ1v) is 11.0. The Morgan fingerprint density at radius 2 is 2.00 bits per heavy atom. The number of ketones is 1. The average Bonchev–Trinajstić information content (AvgIpc) is 2.90. The highest BCUT2D eigenvalue weighted by atomic mass is 16.7. The van der Waals surface area contributed by atoms with Crippen molar-refractivity contribution in [2.24, 2.45) is 34.5 Å². The quantitative estimate of drug-likeness (QED) is 0.587. The summed E-state index contributed by atoms with van der Waals surface area (Å²) in [5.41, 5.74) is 6.19. The minimum Gasteiger partial charge on any atom is -0.311 e. The van der Waals surface area contributed by atoms with E-state index in [1.165, 1.54) is 24.1 Å². The molecule has 4 heteroatoms. The summed E-state index contributed by atoms with van der Waals surface area (Å²) in [4.78, 5) is 18.4. The zero-order chi connectivity index (χ0) is 18.8. The summed E-state index contributed by atoms with van der Waals surface area (Å²) < 4.78 is 0. The van der Waals surface area contributed by atoms with E-state index in [9.17, 15) is 4.79 Å². The molecule has 2 N–H and O–H groups in total. The monoisotopic (exact) mass is 370 g/mol. The minimum atomic E-state index is -0.0742.